The maximum absolute atomic E-state index is 5.91. The Morgan fingerprint density at radius 2 is 2.06 bits per heavy atom. The van der Waals surface area contributed by atoms with Gasteiger partial charge in [-0.05, 0) is 6.54 Å². The van der Waals surface area contributed by atoms with Crippen LogP contribution < -0.4 is 5.73 Å². The molecule has 2 rings (SSSR count). The predicted molar refractivity (Wildman–Crippen MR) is 68.7 cm³/mol. The third-order valence-corrected chi connectivity index (χ3v) is 3.58. The molecule has 1 unspecified atom stereocenters. The Bertz CT molecular complexity index is 340. The number of nitrogens with two attached hydrogens (primary N) is 1. The third kappa shape index (κ3) is 2.86. The number of imidazole rings is 1. The zero-order chi connectivity index (χ0) is 12.3. The van der Waals surface area contributed by atoms with Crippen molar-refractivity contribution in [2.75, 3.05) is 39.3 Å². The van der Waals surface area contributed by atoms with Crippen LogP contribution in [0, 0.1) is 0 Å². The Morgan fingerprint density at radius 1 is 1.35 bits per heavy atom. The lowest BCUT2D eigenvalue weighted by atomic mass is 10.1. The monoisotopic (exact) mass is 237 g/mol. The van der Waals surface area contributed by atoms with E-state index in [0.717, 1.165) is 38.4 Å². The van der Waals surface area contributed by atoms with E-state index in [0.29, 0.717) is 6.54 Å². The van der Waals surface area contributed by atoms with Crippen LogP contribution >= 0.6 is 0 Å². The fourth-order valence-corrected chi connectivity index (χ4v) is 2.45. The first-order valence-electron chi connectivity index (χ1n) is 6.39. The molecule has 5 heteroatoms. The molecule has 1 aliphatic heterocycles. The van der Waals surface area contributed by atoms with Gasteiger partial charge in [-0.3, -0.25) is 4.90 Å². The van der Waals surface area contributed by atoms with E-state index in [2.05, 4.69) is 27.9 Å². The van der Waals surface area contributed by atoms with Gasteiger partial charge in [0.2, 0.25) is 0 Å². The molecule has 96 valence electrons. The highest BCUT2D eigenvalue weighted by Crippen LogP contribution is 2.19. The summed E-state index contributed by atoms with van der Waals surface area (Å²) in [4.78, 5) is 9.36. The molecule has 2 N–H and O–H groups in total. The van der Waals surface area contributed by atoms with Crippen LogP contribution in [0.15, 0.2) is 12.5 Å². The number of likely N-dealkylation sites (N-methyl/N-ethyl adjacent to an activating group) is 1. The predicted octanol–water partition coefficient (Wildman–Crippen LogP) is 0.0574. The smallest absolute Gasteiger partial charge is 0.0947 e. The fraction of sp³-hybridized carbons (Fsp3) is 0.750. The van der Waals surface area contributed by atoms with Crippen molar-refractivity contribution in [3.05, 3.63) is 18.2 Å². The number of hydrogen-bond acceptors (Lipinski definition) is 4. The Kier molecular flexibility index (Phi) is 4.15. The molecule has 1 saturated heterocycles. The van der Waals surface area contributed by atoms with Gasteiger partial charge in [0.05, 0.1) is 18.1 Å². The van der Waals surface area contributed by atoms with Gasteiger partial charge >= 0.3 is 0 Å². The molecule has 0 bridgehead atoms. The molecular weight excluding hydrogens is 214 g/mol. The molecule has 0 radical (unpaired) electrons. The second kappa shape index (κ2) is 5.62. The highest BCUT2D eigenvalue weighted by Gasteiger charge is 2.24. The van der Waals surface area contributed by atoms with E-state index in [1.807, 2.05) is 17.9 Å². The second-order valence-corrected chi connectivity index (χ2v) is 4.69. The van der Waals surface area contributed by atoms with Crippen molar-refractivity contribution in [2.24, 2.45) is 12.8 Å². The van der Waals surface area contributed by atoms with Crippen LogP contribution in [-0.4, -0.2) is 58.6 Å². The van der Waals surface area contributed by atoms with E-state index in [-0.39, 0.29) is 6.04 Å². The minimum absolute atomic E-state index is 0.273. The van der Waals surface area contributed by atoms with Crippen molar-refractivity contribution in [3.8, 4) is 0 Å². The first kappa shape index (κ1) is 12.5. The van der Waals surface area contributed by atoms with Gasteiger partial charge in [0.25, 0.3) is 0 Å². The quantitative estimate of drug-likeness (QED) is 0.804. The molecule has 0 aromatic carbocycles. The molecule has 2 heterocycles. The van der Waals surface area contributed by atoms with Gasteiger partial charge in [0.15, 0.2) is 0 Å². The summed E-state index contributed by atoms with van der Waals surface area (Å²) in [5.74, 6) is 0. The van der Waals surface area contributed by atoms with E-state index >= 15 is 0 Å². The van der Waals surface area contributed by atoms with Crippen LogP contribution in [0.1, 0.15) is 18.7 Å². The van der Waals surface area contributed by atoms with Crippen LogP contribution in [-0.2, 0) is 7.05 Å². The lowest BCUT2D eigenvalue weighted by molar-refractivity contribution is 0.100. The lowest BCUT2D eigenvalue weighted by Crippen LogP contribution is -2.48. The molecule has 17 heavy (non-hydrogen) atoms. The van der Waals surface area contributed by atoms with Crippen LogP contribution in [0.2, 0.25) is 0 Å². The average Bonchev–Trinajstić information content (AvgIpc) is 2.78. The maximum atomic E-state index is 5.91. The van der Waals surface area contributed by atoms with Crippen molar-refractivity contribution in [1.82, 2.24) is 19.4 Å². The van der Waals surface area contributed by atoms with Gasteiger partial charge in [0, 0.05) is 46.0 Å². The summed E-state index contributed by atoms with van der Waals surface area (Å²) in [7, 11) is 2.00. The summed E-state index contributed by atoms with van der Waals surface area (Å²) in [6.07, 6.45) is 3.92. The van der Waals surface area contributed by atoms with Crippen molar-refractivity contribution in [3.63, 3.8) is 0 Å². The first-order valence-corrected chi connectivity index (χ1v) is 6.39. The summed E-state index contributed by atoms with van der Waals surface area (Å²) in [6.45, 7) is 8.46. The standard InChI is InChI=1S/C12H23N5/c1-3-16-4-6-17(7-5-16)12(8-13)11-9-15(2)10-14-11/h9-10,12H,3-8,13H2,1-2H3. The molecule has 0 aliphatic carbocycles. The first-order chi connectivity index (χ1) is 8.24. The SMILES string of the molecule is CCN1CCN(C(CN)c2cn(C)cn2)CC1. The van der Waals surface area contributed by atoms with Crippen LogP contribution in [0.4, 0.5) is 0 Å². The fourth-order valence-electron chi connectivity index (χ4n) is 2.45. The number of piperazine rings is 1. The summed E-state index contributed by atoms with van der Waals surface area (Å²) in [5, 5.41) is 0. The van der Waals surface area contributed by atoms with E-state index in [4.69, 9.17) is 5.73 Å². The summed E-state index contributed by atoms with van der Waals surface area (Å²) in [6, 6.07) is 0.273. The molecule has 0 spiro atoms. The lowest BCUT2D eigenvalue weighted by Gasteiger charge is -2.37. The van der Waals surface area contributed by atoms with Crippen molar-refractivity contribution in [2.45, 2.75) is 13.0 Å². The van der Waals surface area contributed by atoms with E-state index in [1.165, 1.54) is 0 Å². The molecule has 1 aromatic rings. The van der Waals surface area contributed by atoms with Gasteiger partial charge < -0.3 is 15.2 Å². The molecule has 1 aromatic heterocycles. The van der Waals surface area contributed by atoms with E-state index in [1.54, 1.807) is 0 Å². The van der Waals surface area contributed by atoms with Crippen LogP contribution in [0.5, 0.6) is 0 Å². The van der Waals surface area contributed by atoms with Gasteiger partial charge in [0.1, 0.15) is 0 Å². The second-order valence-electron chi connectivity index (χ2n) is 4.69. The van der Waals surface area contributed by atoms with E-state index in [9.17, 15) is 0 Å². The molecule has 5 nitrogen and oxygen atoms in total. The van der Waals surface area contributed by atoms with E-state index < -0.39 is 0 Å². The largest absolute Gasteiger partial charge is 0.340 e. The molecule has 1 aliphatic rings. The van der Waals surface area contributed by atoms with Gasteiger partial charge in [-0.25, -0.2) is 4.98 Å². The number of rotatable bonds is 4. The topological polar surface area (TPSA) is 50.3 Å². The van der Waals surface area contributed by atoms with Crippen molar-refractivity contribution in [1.29, 1.82) is 0 Å². The Morgan fingerprint density at radius 3 is 2.53 bits per heavy atom. The number of aryl methyl sites for hydroxylation is 1. The normalized spacial score (nSPS) is 20.6. The number of hydrogen-bond donors (Lipinski definition) is 1. The molecule has 0 amide bonds. The highest BCUT2D eigenvalue weighted by atomic mass is 15.3. The number of aromatic nitrogens is 2. The minimum atomic E-state index is 0.273. The molecule has 0 saturated carbocycles. The van der Waals surface area contributed by atoms with Crippen molar-refractivity contribution < 1.29 is 0 Å². The van der Waals surface area contributed by atoms with Gasteiger partial charge in [-0.1, -0.05) is 6.92 Å². The van der Waals surface area contributed by atoms with Gasteiger partial charge in [-0.15, -0.1) is 0 Å². The Labute approximate surface area is 103 Å². The van der Waals surface area contributed by atoms with Gasteiger partial charge in [-0.2, -0.15) is 0 Å². The summed E-state index contributed by atoms with van der Waals surface area (Å²) >= 11 is 0. The third-order valence-electron chi connectivity index (χ3n) is 3.58. The van der Waals surface area contributed by atoms with Crippen molar-refractivity contribution >= 4 is 0 Å². The summed E-state index contributed by atoms with van der Waals surface area (Å²) in [5.41, 5.74) is 7.00. The maximum Gasteiger partial charge on any atom is 0.0947 e. The van der Waals surface area contributed by atoms with Crippen LogP contribution in [0.3, 0.4) is 0 Å². The average molecular weight is 237 g/mol. The Balaban J connectivity index is 2.00. The zero-order valence-electron chi connectivity index (χ0n) is 10.8. The zero-order valence-corrected chi connectivity index (χ0v) is 10.8. The Hall–Kier alpha value is -0.910. The minimum Gasteiger partial charge on any atom is -0.340 e. The highest BCUT2D eigenvalue weighted by molar-refractivity contribution is 5.05. The summed E-state index contributed by atoms with van der Waals surface area (Å²) < 4.78 is 1.99. The number of nitrogens with zero attached hydrogens (tertiary/aromatic N) is 4. The molecule has 1 atom stereocenters. The molecular formula is C12H23N5. The molecule has 1 fully saturated rings. The van der Waals surface area contributed by atoms with Crippen LogP contribution in [0.25, 0.3) is 0 Å².